The van der Waals surface area contributed by atoms with E-state index in [2.05, 4.69) is 10.2 Å². The van der Waals surface area contributed by atoms with Crippen LogP contribution >= 0.6 is 22.9 Å². The topological polar surface area (TPSA) is 86.6 Å². The second-order valence-corrected chi connectivity index (χ2v) is 9.63. The van der Waals surface area contributed by atoms with E-state index in [1.54, 1.807) is 6.07 Å². The summed E-state index contributed by atoms with van der Waals surface area (Å²) in [5, 5.41) is 17.8. The number of rotatable bonds is 5. The van der Waals surface area contributed by atoms with Gasteiger partial charge < -0.3 is 10.0 Å². The number of alkyl halides is 3. The summed E-state index contributed by atoms with van der Waals surface area (Å²) >= 11 is 6.95. The molecule has 5 rings (SSSR count). The van der Waals surface area contributed by atoms with Crippen molar-refractivity contribution in [2.45, 2.75) is 37.1 Å². The monoisotopic (exact) mass is 526 g/mol. The molecule has 1 spiro atoms. The quantitative estimate of drug-likeness (QED) is 0.360. The molecule has 1 aromatic heterocycles. The summed E-state index contributed by atoms with van der Waals surface area (Å²) in [6.07, 6.45) is -4.41. The van der Waals surface area contributed by atoms with Crippen LogP contribution in [0.2, 0.25) is 5.02 Å². The van der Waals surface area contributed by atoms with Crippen LogP contribution in [0, 0.1) is 5.82 Å². The van der Waals surface area contributed by atoms with Gasteiger partial charge in [0.2, 0.25) is 0 Å². The van der Waals surface area contributed by atoms with Crippen molar-refractivity contribution < 1.29 is 32.3 Å². The number of imide groups is 1. The Bertz CT molecular complexity index is 1330. The van der Waals surface area contributed by atoms with Gasteiger partial charge in [0, 0.05) is 5.56 Å². The summed E-state index contributed by atoms with van der Waals surface area (Å²) in [5.74, 6) is -2.57. The average Bonchev–Trinajstić information content (AvgIpc) is 3.45. The number of amides is 3. The van der Waals surface area contributed by atoms with Crippen molar-refractivity contribution in [3.63, 3.8) is 0 Å². The predicted molar refractivity (Wildman–Crippen MR) is 117 cm³/mol. The molecule has 2 aromatic carbocycles. The van der Waals surface area contributed by atoms with Crippen molar-refractivity contribution in [2.75, 3.05) is 0 Å². The van der Waals surface area contributed by atoms with Gasteiger partial charge in [0.15, 0.2) is 17.6 Å². The zero-order chi connectivity index (χ0) is 25.1. The maximum absolute atomic E-state index is 14.1. The minimum absolute atomic E-state index is 0.196. The molecule has 3 amide bonds. The predicted octanol–water partition coefficient (Wildman–Crippen LogP) is 5.30. The number of carbonyl (C=O) groups is 2. The van der Waals surface area contributed by atoms with Crippen molar-refractivity contribution in [1.82, 2.24) is 20.0 Å². The highest BCUT2D eigenvalue weighted by Gasteiger charge is 2.68. The third-order valence-electron chi connectivity index (χ3n) is 6.04. The lowest BCUT2D eigenvalue weighted by Gasteiger charge is -2.28. The van der Waals surface area contributed by atoms with Crippen LogP contribution in [0.4, 0.5) is 22.4 Å². The summed E-state index contributed by atoms with van der Waals surface area (Å²) in [5.41, 5.74) is -1.38. The number of phenols is 1. The summed E-state index contributed by atoms with van der Waals surface area (Å²) in [7, 11) is 0. The van der Waals surface area contributed by atoms with Gasteiger partial charge in [-0.2, -0.15) is 13.2 Å². The van der Waals surface area contributed by atoms with Crippen LogP contribution in [-0.4, -0.2) is 48.8 Å². The smallest absolute Gasteiger partial charge is 0.413 e. The van der Waals surface area contributed by atoms with Gasteiger partial charge in [-0.15, -0.1) is 10.2 Å². The number of halogens is 5. The molecule has 182 valence electrons. The number of hydrogen-bond donors (Lipinski definition) is 1. The number of nitrogens with zero attached hydrogens (tertiary/aromatic N) is 4. The van der Waals surface area contributed by atoms with E-state index in [0.29, 0.717) is 4.90 Å². The molecule has 1 aliphatic heterocycles. The highest BCUT2D eigenvalue weighted by Crippen LogP contribution is 2.53. The number of phenolic OH excluding ortho intramolecular Hbond substituents is 1. The van der Waals surface area contributed by atoms with Gasteiger partial charge in [-0.25, -0.2) is 14.1 Å². The van der Waals surface area contributed by atoms with Crippen LogP contribution in [0.5, 0.6) is 5.75 Å². The lowest BCUT2D eigenvalue weighted by molar-refractivity contribution is -0.182. The van der Waals surface area contributed by atoms with Gasteiger partial charge in [-0.05, 0) is 30.5 Å². The van der Waals surface area contributed by atoms with Gasteiger partial charge in [-0.3, -0.25) is 4.79 Å². The summed E-state index contributed by atoms with van der Waals surface area (Å²) in [6.45, 7) is -0.247. The average molecular weight is 527 g/mol. The van der Waals surface area contributed by atoms with Crippen molar-refractivity contribution >= 4 is 34.9 Å². The Morgan fingerprint density at radius 3 is 2.43 bits per heavy atom. The molecule has 7 nitrogen and oxygen atoms in total. The number of urea groups is 1. The van der Waals surface area contributed by atoms with Crippen LogP contribution < -0.4 is 0 Å². The molecule has 13 heteroatoms. The molecule has 0 unspecified atom stereocenters. The largest absolute Gasteiger partial charge is 0.504 e. The fourth-order valence-corrected chi connectivity index (χ4v) is 5.34. The standard InChI is InChI=1S/C22H15ClF4N4O3S/c23-15-12(6-7-13(24)16(15)32)18-29-28-14(35-18)10-30-20(34)31(19(33)21(30)8-9-21)17(22(25,26)27)11-4-2-1-3-5-11/h1-7,17,32H,8-10H2/t17-/m0/s1. The first-order chi connectivity index (χ1) is 16.5. The molecule has 35 heavy (non-hydrogen) atoms. The van der Waals surface area contributed by atoms with Gasteiger partial charge >= 0.3 is 12.2 Å². The second kappa shape index (κ2) is 8.16. The Morgan fingerprint density at radius 1 is 1.11 bits per heavy atom. The summed E-state index contributed by atoms with van der Waals surface area (Å²) < 4.78 is 55.7. The molecule has 2 heterocycles. The molecule has 1 aliphatic carbocycles. The van der Waals surface area contributed by atoms with Crippen LogP contribution in [-0.2, 0) is 11.3 Å². The Balaban J connectivity index is 1.46. The summed E-state index contributed by atoms with van der Waals surface area (Å²) in [6, 6.07) is 5.61. The molecule has 2 fully saturated rings. The zero-order valence-corrected chi connectivity index (χ0v) is 19.2. The van der Waals surface area contributed by atoms with E-state index in [1.807, 2.05) is 0 Å². The van der Waals surface area contributed by atoms with Gasteiger partial charge in [0.05, 0.1) is 11.6 Å². The molecule has 3 aromatic rings. The molecule has 0 bridgehead atoms. The number of hydrogen-bond acceptors (Lipinski definition) is 6. The van der Waals surface area contributed by atoms with Crippen molar-refractivity contribution in [1.29, 1.82) is 0 Å². The minimum atomic E-state index is -4.88. The molecule has 0 radical (unpaired) electrons. The number of carbonyl (C=O) groups excluding carboxylic acids is 2. The zero-order valence-electron chi connectivity index (χ0n) is 17.6. The van der Waals surface area contributed by atoms with E-state index < -0.39 is 41.3 Å². The van der Waals surface area contributed by atoms with Crippen molar-refractivity contribution in [2.24, 2.45) is 0 Å². The third-order valence-corrected chi connectivity index (χ3v) is 7.36. The Morgan fingerprint density at radius 2 is 1.80 bits per heavy atom. The molecule has 1 N–H and O–H groups in total. The van der Waals surface area contributed by atoms with E-state index >= 15 is 0 Å². The van der Waals surface area contributed by atoms with E-state index in [-0.39, 0.29) is 45.6 Å². The number of aromatic nitrogens is 2. The third kappa shape index (κ3) is 3.80. The first-order valence-electron chi connectivity index (χ1n) is 10.3. The maximum Gasteiger partial charge on any atom is 0.413 e. The van der Waals surface area contributed by atoms with E-state index in [9.17, 15) is 32.3 Å². The Labute approximate surface area is 204 Å². The molecular formula is C22H15ClF4N4O3S. The van der Waals surface area contributed by atoms with Gasteiger partial charge in [0.25, 0.3) is 5.91 Å². The highest BCUT2D eigenvalue weighted by atomic mass is 35.5. The Hall–Kier alpha value is -3.25. The van der Waals surface area contributed by atoms with Crippen molar-refractivity contribution in [3.05, 3.63) is 63.9 Å². The SMILES string of the molecule is O=C1N([C@@H](c2ccccc2)C(F)(F)F)C(=O)C2(CC2)N1Cc1nnc(-c2ccc(F)c(O)c2Cl)s1. The van der Waals surface area contributed by atoms with Crippen LogP contribution in [0.25, 0.3) is 10.6 Å². The molecule has 2 aliphatic rings. The van der Waals surface area contributed by atoms with Crippen molar-refractivity contribution in [3.8, 4) is 16.3 Å². The second-order valence-electron chi connectivity index (χ2n) is 8.19. The molecule has 1 saturated carbocycles. The minimum Gasteiger partial charge on any atom is -0.504 e. The molecule has 1 saturated heterocycles. The van der Waals surface area contributed by atoms with E-state index in [0.717, 1.165) is 22.3 Å². The number of benzene rings is 2. The highest BCUT2D eigenvalue weighted by molar-refractivity contribution is 7.14. The van der Waals surface area contributed by atoms with Crippen LogP contribution in [0.15, 0.2) is 42.5 Å². The first-order valence-corrected chi connectivity index (χ1v) is 11.5. The van der Waals surface area contributed by atoms with E-state index in [1.165, 1.54) is 30.3 Å². The van der Waals surface area contributed by atoms with Gasteiger partial charge in [0.1, 0.15) is 15.6 Å². The fraction of sp³-hybridized carbons (Fsp3) is 0.273. The van der Waals surface area contributed by atoms with Crippen LogP contribution in [0.1, 0.15) is 29.5 Å². The normalized spacial score (nSPS) is 18.0. The Kier molecular flexibility index (Phi) is 5.48. The molecule has 1 atom stereocenters. The van der Waals surface area contributed by atoms with E-state index in [4.69, 9.17) is 11.6 Å². The lowest BCUT2D eigenvalue weighted by Crippen LogP contribution is -2.43. The van der Waals surface area contributed by atoms with Gasteiger partial charge in [-0.1, -0.05) is 53.3 Å². The number of aromatic hydroxyl groups is 1. The van der Waals surface area contributed by atoms with Crippen LogP contribution in [0.3, 0.4) is 0 Å². The lowest BCUT2D eigenvalue weighted by atomic mass is 10.0. The maximum atomic E-state index is 14.1. The summed E-state index contributed by atoms with van der Waals surface area (Å²) in [4.78, 5) is 27.8. The first kappa shape index (κ1) is 23.5. The molecular weight excluding hydrogens is 512 g/mol. The fourth-order valence-electron chi connectivity index (χ4n) is 4.18.